The van der Waals surface area contributed by atoms with E-state index in [0.29, 0.717) is 36.8 Å². The van der Waals surface area contributed by atoms with Gasteiger partial charge in [0.05, 0.1) is 17.2 Å². The van der Waals surface area contributed by atoms with E-state index in [9.17, 15) is 14.7 Å². The second-order valence-corrected chi connectivity index (χ2v) is 6.19. The molecule has 2 aromatic carbocycles. The Labute approximate surface area is 128 Å². The standard InChI is InChI=1S/C18H17NO3/c20-14-7-5-13(6-8-14)19-17(21)15-9-11-3-1-2-4-12(11)10-16(15)18(19)22/h1-4,9-10,13-14,20H,5-8H2. The molecular formula is C18H17NO3. The van der Waals surface area contributed by atoms with Crippen LogP contribution in [0.15, 0.2) is 36.4 Å². The highest BCUT2D eigenvalue weighted by molar-refractivity contribution is 6.23. The first kappa shape index (κ1) is 13.5. The molecule has 1 N–H and O–H groups in total. The summed E-state index contributed by atoms with van der Waals surface area (Å²) in [5.74, 6) is -0.376. The van der Waals surface area contributed by atoms with Crippen molar-refractivity contribution in [1.29, 1.82) is 0 Å². The Morgan fingerprint density at radius 3 is 1.86 bits per heavy atom. The molecule has 1 heterocycles. The molecule has 1 aliphatic heterocycles. The number of aliphatic hydroxyl groups excluding tert-OH is 1. The molecule has 0 bridgehead atoms. The van der Waals surface area contributed by atoms with Gasteiger partial charge in [-0.3, -0.25) is 14.5 Å². The Kier molecular flexibility index (Phi) is 3.01. The van der Waals surface area contributed by atoms with Crippen LogP contribution < -0.4 is 0 Å². The molecule has 0 atom stereocenters. The van der Waals surface area contributed by atoms with Crippen LogP contribution in [0, 0.1) is 0 Å². The van der Waals surface area contributed by atoms with Crippen LogP contribution in [-0.2, 0) is 0 Å². The van der Waals surface area contributed by atoms with Crippen molar-refractivity contribution in [3.63, 3.8) is 0 Å². The van der Waals surface area contributed by atoms with Crippen LogP contribution in [0.1, 0.15) is 46.4 Å². The number of amides is 2. The lowest BCUT2D eigenvalue weighted by Gasteiger charge is -2.31. The molecule has 1 fully saturated rings. The molecule has 22 heavy (non-hydrogen) atoms. The van der Waals surface area contributed by atoms with Gasteiger partial charge in [-0.05, 0) is 48.6 Å². The first-order chi connectivity index (χ1) is 10.6. The molecular weight excluding hydrogens is 278 g/mol. The summed E-state index contributed by atoms with van der Waals surface area (Å²) >= 11 is 0. The Bertz CT molecular complexity index is 720. The van der Waals surface area contributed by atoms with Crippen LogP contribution in [0.2, 0.25) is 0 Å². The third kappa shape index (κ3) is 1.95. The smallest absolute Gasteiger partial charge is 0.261 e. The van der Waals surface area contributed by atoms with E-state index in [1.807, 2.05) is 36.4 Å². The highest BCUT2D eigenvalue weighted by Crippen LogP contribution is 2.33. The lowest BCUT2D eigenvalue weighted by atomic mass is 9.92. The molecule has 0 radical (unpaired) electrons. The Morgan fingerprint density at radius 2 is 1.36 bits per heavy atom. The van der Waals surface area contributed by atoms with E-state index in [4.69, 9.17) is 0 Å². The molecule has 4 rings (SSSR count). The average Bonchev–Trinajstić information content (AvgIpc) is 2.78. The lowest BCUT2D eigenvalue weighted by Crippen LogP contribution is -2.42. The number of imide groups is 1. The minimum Gasteiger partial charge on any atom is -0.393 e. The fraction of sp³-hybridized carbons (Fsp3) is 0.333. The van der Waals surface area contributed by atoms with E-state index in [-0.39, 0.29) is 24.0 Å². The molecule has 0 spiro atoms. The van der Waals surface area contributed by atoms with Crippen molar-refractivity contribution < 1.29 is 14.7 Å². The zero-order chi connectivity index (χ0) is 15.3. The van der Waals surface area contributed by atoms with Crippen LogP contribution in [0.25, 0.3) is 10.8 Å². The number of carbonyl (C=O) groups is 2. The van der Waals surface area contributed by atoms with Gasteiger partial charge in [0.1, 0.15) is 0 Å². The first-order valence-electron chi connectivity index (χ1n) is 7.74. The van der Waals surface area contributed by atoms with Crippen molar-refractivity contribution in [2.24, 2.45) is 0 Å². The predicted molar refractivity (Wildman–Crippen MR) is 82.7 cm³/mol. The maximum Gasteiger partial charge on any atom is 0.261 e. The van der Waals surface area contributed by atoms with Crippen LogP contribution in [0.5, 0.6) is 0 Å². The quantitative estimate of drug-likeness (QED) is 0.823. The zero-order valence-electron chi connectivity index (χ0n) is 12.2. The molecule has 2 aliphatic rings. The number of benzene rings is 2. The lowest BCUT2D eigenvalue weighted by molar-refractivity contribution is 0.0449. The molecule has 0 unspecified atom stereocenters. The number of rotatable bonds is 1. The van der Waals surface area contributed by atoms with Crippen LogP contribution >= 0.6 is 0 Å². The third-order valence-electron chi connectivity index (χ3n) is 4.82. The molecule has 0 saturated heterocycles. The molecule has 4 nitrogen and oxygen atoms in total. The summed E-state index contributed by atoms with van der Waals surface area (Å²) in [6.45, 7) is 0. The summed E-state index contributed by atoms with van der Waals surface area (Å²) < 4.78 is 0. The Hall–Kier alpha value is -2.20. The summed E-state index contributed by atoms with van der Waals surface area (Å²) in [6, 6.07) is 11.3. The maximum absolute atomic E-state index is 12.7. The van der Waals surface area contributed by atoms with Gasteiger partial charge in [-0.2, -0.15) is 0 Å². The number of nitrogens with zero attached hydrogens (tertiary/aromatic N) is 1. The number of hydrogen-bond acceptors (Lipinski definition) is 3. The van der Waals surface area contributed by atoms with Gasteiger partial charge in [0.25, 0.3) is 11.8 Å². The topological polar surface area (TPSA) is 57.6 Å². The van der Waals surface area contributed by atoms with Crippen molar-refractivity contribution in [2.75, 3.05) is 0 Å². The first-order valence-corrected chi connectivity index (χ1v) is 7.74. The van der Waals surface area contributed by atoms with E-state index in [1.165, 1.54) is 4.90 Å². The molecule has 112 valence electrons. The second kappa shape index (κ2) is 4.92. The van der Waals surface area contributed by atoms with Crippen molar-refractivity contribution >= 4 is 22.6 Å². The van der Waals surface area contributed by atoms with Crippen molar-refractivity contribution in [2.45, 2.75) is 37.8 Å². The zero-order valence-corrected chi connectivity index (χ0v) is 12.2. The minimum absolute atomic E-state index is 0.0843. The van der Waals surface area contributed by atoms with Gasteiger partial charge in [0.15, 0.2) is 0 Å². The van der Waals surface area contributed by atoms with Crippen molar-refractivity contribution in [3.8, 4) is 0 Å². The summed E-state index contributed by atoms with van der Waals surface area (Å²) in [7, 11) is 0. The van der Waals surface area contributed by atoms with Gasteiger partial charge in [-0.25, -0.2) is 0 Å². The SMILES string of the molecule is O=C1c2cc3ccccc3cc2C(=O)N1C1CCC(O)CC1. The fourth-order valence-corrected chi connectivity index (χ4v) is 3.59. The van der Waals surface area contributed by atoms with Gasteiger partial charge >= 0.3 is 0 Å². The van der Waals surface area contributed by atoms with Crippen molar-refractivity contribution in [1.82, 2.24) is 4.90 Å². The predicted octanol–water partition coefficient (Wildman–Crippen LogP) is 2.74. The second-order valence-electron chi connectivity index (χ2n) is 6.19. The average molecular weight is 295 g/mol. The highest BCUT2D eigenvalue weighted by atomic mass is 16.3. The fourth-order valence-electron chi connectivity index (χ4n) is 3.59. The molecule has 1 aliphatic carbocycles. The van der Waals surface area contributed by atoms with Crippen molar-refractivity contribution in [3.05, 3.63) is 47.5 Å². The summed E-state index contributed by atoms with van der Waals surface area (Å²) in [4.78, 5) is 26.8. The molecule has 2 aromatic rings. The minimum atomic E-state index is -0.297. The normalized spacial score (nSPS) is 24.9. The summed E-state index contributed by atoms with van der Waals surface area (Å²) in [5.41, 5.74) is 1.02. The number of fused-ring (bicyclic) bond motifs is 2. The number of aliphatic hydroxyl groups is 1. The van der Waals surface area contributed by atoms with E-state index in [0.717, 1.165) is 10.8 Å². The van der Waals surface area contributed by atoms with E-state index >= 15 is 0 Å². The van der Waals surface area contributed by atoms with Gasteiger partial charge in [0, 0.05) is 6.04 Å². The van der Waals surface area contributed by atoms with Gasteiger partial charge in [-0.15, -0.1) is 0 Å². The number of hydrogen-bond donors (Lipinski definition) is 1. The third-order valence-corrected chi connectivity index (χ3v) is 4.82. The summed E-state index contributed by atoms with van der Waals surface area (Å²) in [6.07, 6.45) is 2.38. The molecule has 4 heteroatoms. The van der Waals surface area contributed by atoms with Gasteiger partial charge < -0.3 is 5.11 Å². The van der Waals surface area contributed by atoms with Gasteiger partial charge in [0.2, 0.25) is 0 Å². The Morgan fingerprint density at radius 1 is 0.864 bits per heavy atom. The molecule has 0 aromatic heterocycles. The van der Waals surface area contributed by atoms with Crippen LogP contribution in [0.3, 0.4) is 0 Å². The van der Waals surface area contributed by atoms with Crippen LogP contribution in [0.4, 0.5) is 0 Å². The van der Waals surface area contributed by atoms with Crippen LogP contribution in [-0.4, -0.2) is 34.0 Å². The number of carbonyl (C=O) groups excluding carboxylic acids is 2. The largest absolute Gasteiger partial charge is 0.393 e. The van der Waals surface area contributed by atoms with E-state index in [1.54, 1.807) is 0 Å². The highest BCUT2D eigenvalue weighted by Gasteiger charge is 2.41. The maximum atomic E-state index is 12.7. The van der Waals surface area contributed by atoms with E-state index in [2.05, 4.69) is 0 Å². The molecule has 2 amide bonds. The van der Waals surface area contributed by atoms with Gasteiger partial charge in [-0.1, -0.05) is 24.3 Å². The molecule has 1 saturated carbocycles. The van der Waals surface area contributed by atoms with E-state index < -0.39 is 0 Å². The monoisotopic (exact) mass is 295 g/mol. The summed E-state index contributed by atoms with van der Waals surface area (Å²) in [5, 5.41) is 11.6. The Balaban J connectivity index is 1.74.